The Morgan fingerprint density at radius 1 is 1.06 bits per heavy atom. The number of piperazine rings is 1. The minimum atomic E-state index is 0.0168. The standard InChI is InChI=1S/C24H30N4O3/c1-2-31-22-7-4-3-6-21(22)27-16-14-26(15-17-27)18-23(29)25-19-9-11-20(12-10-19)28-13-5-8-24(28)30/h3-4,6-7,9-12H,2,5,8,13-18H2,1H3,(H,25,29)/p+1. The number of ether oxygens (including phenoxy) is 1. The molecule has 2 N–H and O–H groups in total. The zero-order chi connectivity index (χ0) is 21.6. The van der Waals surface area contributed by atoms with E-state index in [2.05, 4.69) is 16.3 Å². The van der Waals surface area contributed by atoms with E-state index in [1.54, 1.807) is 4.90 Å². The van der Waals surface area contributed by atoms with E-state index >= 15 is 0 Å². The summed E-state index contributed by atoms with van der Waals surface area (Å²) in [6.07, 6.45) is 1.52. The molecule has 0 aromatic heterocycles. The van der Waals surface area contributed by atoms with Crippen molar-refractivity contribution in [3.05, 3.63) is 48.5 Å². The summed E-state index contributed by atoms with van der Waals surface area (Å²) in [5.41, 5.74) is 2.79. The zero-order valence-electron chi connectivity index (χ0n) is 18.1. The molecule has 0 radical (unpaired) electrons. The first kappa shape index (κ1) is 21.2. The molecule has 0 saturated carbocycles. The number of rotatable bonds is 7. The number of para-hydroxylation sites is 2. The van der Waals surface area contributed by atoms with Gasteiger partial charge in [-0.25, -0.2) is 0 Å². The highest BCUT2D eigenvalue weighted by Gasteiger charge is 2.24. The predicted molar refractivity (Wildman–Crippen MR) is 122 cm³/mol. The fourth-order valence-electron chi connectivity index (χ4n) is 4.31. The summed E-state index contributed by atoms with van der Waals surface area (Å²) in [6, 6.07) is 15.7. The molecule has 2 fully saturated rings. The largest absolute Gasteiger partial charge is 0.492 e. The van der Waals surface area contributed by atoms with Gasteiger partial charge >= 0.3 is 0 Å². The van der Waals surface area contributed by atoms with Gasteiger partial charge in [0.05, 0.1) is 38.5 Å². The molecule has 0 aliphatic carbocycles. The Labute approximate surface area is 183 Å². The van der Waals surface area contributed by atoms with Gasteiger partial charge in [0, 0.05) is 24.3 Å². The fraction of sp³-hybridized carbons (Fsp3) is 0.417. The van der Waals surface area contributed by atoms with Gasteiger partial charge in [-0.2, -0.15) is 0 Å². The summed E-state index contributed by atoms with van der Waals surface area (Å²) >= 11 is 0. The van der Waals surface area contributed by atoms with Crippen molar-refractivity contribution >= 4 is 28.9 Å². The summed E-state index contributed by atoms with van der Waals surface area (Å²) in [6.45, 7) is 7.47. The van der Waals surface area contributed by atoms with Crippen LogP contribution in [0.15, 0.2) is 48.5 Å². The Kier molecular flexibility index (Phi) is 6.72. The third-order valence-corrected chi connectivity index (χ3v) is 5.92. The lowest BCUT2D eigenvalue weighted by molar-refractivity contribution is -0.892. The number of carbonyl (C=O) groups is 2. The van der Waals surface area contributed by atoms with Gasteiger partial charge < -0.3 is 24.8 Å². The molecule has 7 heteroatoms. The van der Waals surface area contributed by atoms with E-state index < -0.39 is 0 Å². The highest BCUT2D eigenvalue weighted by atomic mass is 16.5. The van der Waals surface area contributed by atoms with E-state index in [1.165, 1.54) is 4.90 Å². The lowest BCUT2D eigenvalue weighted by atomic mass is 10.2. The average Bonchev–Trinajstić information content (AvgIpc) is 3.21. The second kappa shape index (κ2) is 9.83. The summed E-state index contributed by atoms with van der Waals surface area (Å²) in [5, 5.41) is 2.99. The van der Waals surface area contributed by atoms with E-state index in [4.69, 9.17) is 4.74 Å². The Morgan fingerprint density at radius 3 is 2.48 bits per heavy atom. The lowest BCUT2D eigenvalue weighted by Crippen LogP contribution is -3.15. The molecule has 2 aromatic carbocycles. The molecule has 7 nitrogen and oxygen atoms in total. The van der Waals surface area contributed by atoms with Crippen LogP contribution in [0, 0.1) is 0 Å². The number of nitrogens with zero attached hydrogens (tertiary/aromatic N) is 2. The van der Waals surface area contributed by atoms with Crippen molar-refractivity contribution in [2.75, 3.05) is 61.0 Å². The van der Waals surface area contributed by atoms with E-state index in [0.717, 1.165) is 62.0 Å². The summed E-state index contributed by atoms with van der Waals surface area (Å²) in [4.78, 5) is 29.8. The molecule has 0 bridgehead atoms. The Morgan fingerprint density at radius 2 is 1.81 bits per heavy atom. The molecule has 0 atom stereocenters. The third kappa shape index (κ3) is 5.17. The molecule has 164 valence electrons. The van der Waals surface area contributed by atoms with Gasteiger partial charge in [-0.15, -0.1) is 0 Å². The van der Waals surface area contributed by atoms with Crippen molar-refractivity contribution in [1.29, 1.82) is 0 Å². The van der Waals surface area contributed by atoms with Gasteiger partial charge in [0.2, 0.25) is 5.91 Å². The summed E-state index contributed by atoms with van der Waals surface area (Å²) < 4.78 is 5.76. The lowest BCUT2D eigenvalue weighted by Gasteiger charge is -2.34. The van der Waals surface area contributed by atoms with E-state index in [0.29, 0.717) is 19.6 Å². The van der Waals surface area contributed by atoms with Gasteiger partial charge in [-0.1, -0.05) is 12.1 Å². The first-order valence-electron chi connectivity index (χ1n) is 11.1. The number of amides is 2. The number of hydrogen-bond donors (Lipinski definition) is 2. The molecule has 31 heavy (non-hydrogen) atoms. The summed E-state index contributed by atoms with van der Waals surface area (Å²) in [5.74, 6) is 1.11. The van der Waals surface area contributed by atoms with Crippen LogP contribution < -0.4 is 24.8 Å². The first-order chi connectivity index (χ1) is 15.1. The maximum atomic E-state index is 12.5. The fourth-order valence-corrected chi connectivity index (χ4v) is 4.31. The van der Waals surface area contributed by atoms with Crippen LogP contribution in [0.3, 0.4) is 0 Å². The second-order valence-corrected chi connectivity index (χ2v) is 8.06. The smallest absolute Gasteiger partial charge is 0.279 e. The minimum absolute atomic E-state index is 0.0168. The third-order valence-electron chi connectivity index (χ3n) is 5.92. The Balaban J connectivity index is 1.26. The molecule has 2 heterocycles. The van der Waals surface area contributed by atoms with Crippen molar-refractivity contribution in [2.24, 2.45) is 0 Å². The van der Waals surface area contributed by atoms with Crippen molar-refractivity contribution in [1.82, 2.24) is 0 Å². The molecular weight excluding hydrogens is 392 g/mol. The molecule has 0 spiro atoms. The molecule has 2 saturated heterocycles. The number of hydrogen-bond acceptors (Lipinski definition) is 4. The topological polar surface area (TPSA) is 66.3 Å². The predicted octanol–water partition coefficient (Wildman–Crippen LogP) is 1.56. The SMILES string of the molecule is CCOc1ccccc1N1CC[NH+](CC(=O)Nc2ccc(N3CCCC3=O)cc2)CC1. The van der Waals surface area contributed by atoms with Crippen molar-refractivity contribution in [3.8, 4) is 5.75 Å². The minimum Gasteiger partial charge on any atom is -0.492 e. The van der Waals surface area contributed by atoms with Gasteiger partial charge in [-0.3, -0.25) is 9.59 Å². The molecule has 2 aliphatic heterocycles. The van der Waals surface area contributed by atoms with Crippen molar-refractivity contribution < 1.29 is 19.2 Å². The molecule has 2 aliphatic rings. The van der Waals surface area contributed by atoms with Crippen LogP contribution in [-0.2, 0) is 9.59 Å². The number of nitrogens with one attached hydrogen (secondary N) is 2. The van der Waals surface area contributed by atoms with Crippen LogP contribution in [-0.4, -0.2) is 57.7 Å². The van der Waals surface area contributed by atoms with Crippen molar-refractivity contribution in [3.63, 3.8) is 0 Å². The van der Waals surface area contributed by atoms with Crippen LogP contribution in [0.25, 0.3) is 0 Å². The first-order valence-corrected chi connectivity index (χ1v) is 11.1. The Hall–Kier alpha value is -3.06. The second-order valence-electron chi connectivity index (χ2n) is 8.06. The van der Waals surface area contributed by atoms with Gasteiger partial charge in [0.25, 0.3) is 5.91 Å². The van der Waals surface area contributed by atoms with E-state index in [9.17, 15) is 9.59 Å². The van der Waals surface area contributed by atoms with Gasteiger partial charge in [0.1, 0.15) is 5.75 Å². The highest BCUT2D eigenvalue weighted by Crippen LogP contribution is 2.28. The zero-order valence-corrected chi connectivity index (χ0v) is 18.1. The normalized spacial score (nSPS) is 17.1. The van der Waals surface area contributed by atoms with Gasteiger partial charge in [-0.05, 0) is 49.7 Å². The molecule has 2 aromatic rings. The van der Waals surface area contributed by atoms with Crippen LogP contribution in [0.4, 0.5) is 17.1 Å². The molecule has 4 rings (SSSR count). The van der Waals surface area contributed by atoms with Crippen LogP contribution >= 0.6 is 0 Å². The van der Waals surface area contributed by atoms with Crippen LogP contribution in [0.1, 0.15) is 19.8 Å². The Bertz CT molecular complexity index is 907. The number of benzene rings is 2. The van der Waals surface area contributed by atoms with E-state index in [1.807, 2.05) is 49.4 Å². The van der Waals surface area contributed by atoms with E-state index in [-0.39, 0.29) is 11.8 Å². The summed E-state index contributed by atoms with van der Waals surface area (Å²) in [7, 11) is 0. The number of carbonyl (C=O) groups excluding carboxylic acids is 2. The maximum Gasteiger partial charge on any atom is 0.279 e. The van der Waals surface area contributed by atoms with Gasteiger partial charge in [0.15, 0.2) is 6.54 Å². The average molecular weight is 424 g/mol. The number of quaternary nitrogens is 1. The molecule has 0 unspecified atom stereocenters. The van der Waals surface area contributed by atoms with Crippen molar-refractivity contribution in [2.45, 2.75) is 19.8 Å². The quantitative estimate of drug-likeness (QED) is 0.709. The monoisotopic (exact) mass is 423 g/mol. The number of anilines is 3. The molecule has 2 amide bonds. The highest BCUT2D eigenvalue weighted by molar-refractivity contribution is 5.96. The van der Waals surface area contributed by atoms with Crippen LogP contribution in [0.2, 0.25) is 0 Å². The maximum absolute atomic E-state index is 12.5. The van der Waals surface area contributed by atoms with Crippen LogP contribution in [0.5, 0.6) is 5.75 Å². The molecular formula is C24H31N4O3+.